The first kappa shape index (κ1) is 13.7. The van der Waals surface area contributed by atoms with E-state index < -0.39 is 0 Å². The Labute approximate surface area is 122 Å². The molecule has 2 N–H and O–H groups in total. The van der Waals surface area contributed by atoms with Gasteiger partial charge in [0.15, 0.2) is 5.11 Å². The van der Waals surface area contributed by atoms with E-state index >= 15 is 0 Å². The van der Waals surface area contributed by atoms with Gasteiger partial charge in [-0.1, -0.05) is 30.3 Å². The van der Waals surface area contributed by atoms with Crippen LogP contribution in [-0.4, -0.2) is 11.3 Å². The lowest BCUT2D eigenvalue weighted by Gasteiger charge is -2.06. The monoisotopic (exact) mass is 280 g/mol. The Morgan fingerprint density at radius 3 is 2.45 bits per heavy atom. The largest absolute Gasteiger partial charge is 0.331 e. The van der Waals surface area contributed by atoms with Gasteiger partial charge in [-0.3, -0.25) is 5.43 Å². The van der Waals surface area contributed by atoms with Crippen molar-refractivity contribution in [1.29, 1.82) is 5.26 Å². The van der Waals surface area contributed by atoms with Gasteiger partial charge in [0.2, 0.25) is 0 Å². The number of thiocarbonyl (C=S) groups is 1. The highest BCUT2D eigenvalue weighted by molar-refractivity contribution is 7.80. The predicted octanol–water partition coefficient (Wildman–Crippen LogP) is 2.88. The number of hydrazone groups is 1. The molecule has 0 bridgehead atoms. The molecule has 0 fully saturated rings. The van der Waals surface area contributed by atoms with E-state index in [1.54, 1.807) is 18.3 Å². The maximum atomic E-state index is 8.70. The molecule has 0 aliphatic carbocycles. The van der Waals surface area contributed by atoms with Gasteiger partial charge in [0.05, 0.1) is 17.8 Å². The Morgan fingerprint density at radius 2 is 1.80 bits per heavy atom. The standard InChI is InChI=1S/C15H12N4S/c16-10-12-6-8-13(9-7-12)11-17-19-15(20)18-14-4-2-1-3-5-14/h1-9,11H,(H2,18,19,20)/b17-11+. The lowest BCUT2D eigenvalue weighted by molar-refractivity contribution is 1.05. The van der Waals surface area contributed by atoms with Crippen molar-refractivity contribution in [3.05, 3.63) is 65.7 Å². The topological polar surface area (TPSA) is 60.2 Å². The molecule has 0 heterocycles. The molecule has 0 unspecified atom stereocenters. The fourth-order valence-electron chi connectivity index (χ4n) is 1.49. The van der Waals surface area contributed by atoms with E-state index in [9.17, 15) is 0 Å². The summed E-state index contributed by atoms with van der Waals surface area (Å²) in [5, 5.41) is 16.2. The molecular formula is C15H12N4S. The molecule has 0 aliphatic rings. The highest BCUT2D eigenvalue weighted by atomic mass is 32.1. The molecule has 2 aromatic carbocycles. The smallest absolute Gasteiger partial charge is 0.191 e. The van der Waals surface area contributed by atoms with Crippen molar-refractivity contribution in [1.82, 2.24) is 5.43 Å². The molecule has 2 aromatic rings. The summed E-state index contributed by atoms with van der Waals surface area (Å²) in [6.45, 7) is 0. The Hall–Kier alpha value is -2.71. The molecule has 5 heteroatoms. The van der Waals surface area contributed by atoms with Crippen molar-refractivity contribution in [2.24, 2.45) is 5.10 Å². The third kappa shape index (κ3) is 4.19. The second-order valence-electron chi connectivity index (χ2n) is 3.92. The molecule has 98 valence electrons. The fraction of sp³-hybridized carbons (Fsp3) is 0. The molecule has 0 aromatic heterocycles. The first-order valence-corrected chi connectivity index (χ1v) is 6.34. The van der Waals surface area contributed by atoms with Gasteiger partial charge in [0.25, 0.3) is 0 Å². The molecule has 4 nitrogen and oxygen atoms in total. The molecule has 0 radical (unpaired) electrons. The van der Waals surface area contributed by atoms with Gasteiger partial charge in [0, 0.05) is 5.69 Å². The summed E-state index contributed by atoms with van der Waals surface area (Å²) >= 11 is 5.11. The van der Waals surface area contributed by atoms with Crippen LogP contribution in [0.15, 0.2) is 59.7 Å². The van der Waals surface area contributed by atoms with Gasteiger partial charge in [-0.15, -0.1) is 0 Å². The van der Waals surface area contributed by atoms with Gasteiger partial charge in [-0.2, -0.15) is 10.4 Å². The van der Waals surface area contributed by atoms with E-state index in [4.69, 9.17) is 17.5 Å². The zero-order valence-electron chi connectivity index (χ0n) is 10.6. The van der Waals surface area contributed by atoms with Crippen LogP contribution >= 0.6 is 12.2 Å². The summed E-state index contributed by atoms with van der Waals surface area (Å²) in [5.41, 5.74) is 5.14. The average molecular weight is 280 g/mol. The molecule has 0 saturated carbocycles. The first-order valence-electron chi connectivity index (χ1n) is 5.93. The molecule has 2 rings (SSSR count). The van der Waals surface area contributed by atoms with Crippen molar-refractivity contribution >= 4 is 29.2 Å². The number of nitrogens with zero attached hydrogens (tertiary/aromatic N) is 2. The minimum absolute atomic E-state index is 0.418. The van der Waals surface area contributed by atoms with Crippen LogP contribution in [0.25, 0.3) is 0 Å². The predicted molar refractivity (Wildman–Crippen MR) is 84.5 cm³/mol. The number of hydrogen-bond donors (Lipinski definition) is 2. The summed E-state index contributed by atoms with van der Waals surface area (Å²) in [5.74, 6) is 0. The lowest BCUT2D eigenvalue weighted by atomic mass is 10.2. The number of rotatable bonds is 3. The van der Waals surface area contributed by atoms with Gasteiger partial charge in [-0.05, 0) is 42.0 Å². The molecule has 0 amide bonds. The fourth-order valence-corrected chi connectivity index (χ4v) is 1.66. The van der Waals surface area contributed by atoms with Crippen LogP contribution in [0, 0.1) is 11.3 Å². The van der Waals surface area contributed by atoms with Crippen LogP contribution in [-0.2, 0) is 0 Å². The number of para-hydroxylation sites is 1. The molecule has 20 heavy (non-hydrogen) atoms. The summed E-state index contributed by atoms with van der Waals surface area (Å²) < 4.78 is 0. The van der Waals surface area contributed by atoms with Crippen LogP contribution in [0.2, 0.25) is 0 Å². The number of hydrogen-bond acceptors (Lipinski definition) is 3. The van der Waals surface area contributed by atoms with E-state index in [1.807, 2.05) is 42.5 Å². The average Bonchev–Trinajstić information content (AvgIpc) is 2.49. The minimum atomic E-state index is 0.418. The van der Waals surface area contributed by atoms with E-state index in [0.717, 1.165) is 11.3 Å². The van der Waals surface area contributed by atoms with Crippen molar-refractivity contribution in [2.75, 3.05) is 5.32 Å². The van der Waals surface area contributed by atoms with Crippen LogP contribution in [0.4, 0.5) is 5.69 Å². The number of nitriles is 1. The highest BCUT2D eigenvalue weighted by Crippen LogP contribution is 2.04. The van der Waals surface area contributed by atoms with Gasteiger partial charge < -0.3 is 5.32 Å². The van der Waals surface area contributed by atoms with Crippen LogP contribution in [0.3, 0.4) is 0 Å². The van der Waals surface area contributed by atoms with Crippen molar-refractivity contribution in [3.63, 3.8) is 0 Å². The summed E-state index contributed by atoms with van der Waals surface area (Å²) in [4.78, 5) is 0. The van der Waals surface area contributed by atoms with Gasteiger partial charge >= 0.3 is 0 Å². The minimum Gasteiger partial charge on any atom is -0.331 e. The molecule has 0 spiro atoms. The quantitative estimate of drug-likeness (QED) is 0.515. The molecule has 0 aliphatic heterocycles. The van der Waals surface area contributed by atoms with Gasteiger partial charge in [-0.25, -0.2) is 0 Å². The molecular weight excluding hydrogens is 268 g/mol. The lowest BCUT2D eigenvalue weighted by Crippen LogP contribution is -2.23. The number of nitrogens with one attached hydrogen (secondary N) is 2. The Kier molecular flexibility index (Phi) is 4.81. The van der Waals surface area contributed by atoms with E-state index in [2.05, 4.69) is 21.9 Å². The SMILES string of the molecule is N#Cc1ccc(/C=N/NC(=S)Nc2ccccc2)cc1. The molecule has 0 saturated heterocycles. The van der Waals surface area contributed by atoms with Crippen LogP contribution < -0.4 is 10.7 Å². The maximum Gasteiger partial charge on any atom is 0.191 e. The van der Waals surface area contributed by atoms with E-state index in [-0.39, 0.29) is 0 Å². The van der Waals surface area contributed by atoms with Gasteiger partial charge in [0.1, 0.15) is 0 Å². The Bertz CT molecular complexity index is 642. The Balaban J connectivity index is 1.86. The third-order valence-electron chi connectivity index (χ3n) is 2.45. The second-order valence-corrected chi connectivity index (χ2v) is 4.33. The zero-order chi connectivity index (χ0) is 14.2. The summed E-state index contributed by atoms with van der Waals surface area (Å²) in [6, 6.07) is 18.8. The van der Waals surface area contributed by atoms with Crippen LogP contribution in [0.1, 0.15) is 11.1 Å². The third-order valence-corrected chi connectivity index (χ3v) is 2.64. The number of anilines is 1. The summed E-state index contributed by atoms with van der Waals surface area (Å²) in [7, 11) is 0. The Morgan fingerprint density at radius 1 is 1.10 bits per heavy atom. The second kappa shape index (κ2) is 7.02. The van der Waals surface area contributed by atoms with Crippen molar-refractivity contribution in [3.8, 4) is 6.07 Å². The van der Waals surface area contributed by atoms with E-state index in [1.165, 1.54) is 0 Å². The van der Waals surface area contributed by atoms with Crippen molar-refractivity contribution < 1.29 is 0 Å². The van der Waals surface area contributed by atoms with Crippen molar-refractivity contribution in [2.45, 2.75) is 0 Å². The zero-order valence-corrected chi connectivity index (χ0v) is 11.4. The summed E-state index contributed by atoms with van der Waals surface area (Å²) in [6.07, 6.45) is 1.64. The normalized spacial score (nSPS) is 9.95. The first-order chi connectivity index (χ1) is 9.78. The van der Waals surface area contributed by atoms with E-state index in [0.29, 0.717) is 10.7 Å². The maximum absolute atomic E-state index is 8.70. The highest BCUT2D eigenvalue weighted by Gasteiger charge is 1.94. The van der Waals surface area contributed by atoms with Crippen LogP contribution in [0.5, 0.6) is 0 Å². The molecule has 0 atom stereocenters. The number of benzene rings is 2.